The van der Waals surface area contributed by atoms with E-state index in [2.05, 4.69) is 29.2 Å². The Bertz CT molecular complexity index is 859. The summed E-state index contributed by atoms with van der Waals surface area (Å²) in [6, 6.07) is 18.3. The molecule has 1 saturated heterocycles. The van der Waals surface area contributed by atoms with Crippen LogP contribution in [0.3, 0.4) is 0 Å². The molecule has 0 aliphatic carbocycles. The number of rotatable bonds is 5. The average Bonchev–Trinajstić information content (AvgIpc) is 3.40. The molecule has 2 heterocycles. The summed E-state index contributed by atoms with van der Waals surface area (Å²) in [4.78, 5) is 19.3. The first-order valence-corrected chi connectivity index (χ1v) is 9.66. The molecular formula is C21H20N2O2S. The van der Waals surface area contributed by atoms with E-state index < -0.39 is 0 Å². The molecule has 0 spiro atoms. The zero-order valence-electron chi connectivity index (χ0n) is 14.4. The van der Waals surface area contributed by atoms with Gasteiger partial charge in [-0.2, -0.15) is 0 Å². The molecule has 1 aromatic heterocycles. The van der Waals surface area contributed by atoms with Crippen molar-refractivity contribution < 1.29 is 9.53 Å². The van der Waals surface area contributed by atoms with Crippen LogP contribution in [0.4, 0.5) is 5.69 Å². The van der Waals surface area contributed by atoms with Crippen molar-refractivity contribution in [2.24, 2.45) is 0 Å². The molecule has 0 unspecified atom stereocenters. The van der Waals surface area contributed by atoms with Crippen LogP contribution in [0.15, 0.2) is 66.2 Å². The maximum Gasteiger partial charge on any atom is 0.256 e. The van der Waals surface area contributed by atoms with Gasteiger partial charge in [0.15, 0.2) is 0 Å². The Hall–Kier alpha value is -2.50. The largest absolute Gasteiger partial charge is 0.368 e. The first kappa shape index (κ1) is 16.9. The number of hydrogen-bond acceptors (Lipinski definition) is 4. The fourth-order valence-electron chi connectivity index (χ4n) is 3.19. The van der Waals surface area contributed by atoms with Crippen LogP contribution in [0.1, 0.15) is 17.8 Å². The monoisotopic (exact) mass is 364 g/mol. The van der Waals surface area contributed by atoms with E-state index in [0.717, 1.165) is 34.7 Å². The Morgan fingerprint density at radius 1 is 1.15 bits per heavy atom. The summed E-state index contributed by atoms with van der Waals surface area (Å²) in [5.41, 5.74) is 3.10. The minimum absolute atomic E-state index is 0.0166. The van der Waals surface area contributed by atoms with E-state index in [4.69, 9.17) is 4.74 Å². The summed E-state index contributed by atoms with van der Waals surface area (Å²) in [6.07, 6.45) is 3.14. The molecule has 5 heteroatoms. The Morgan fingerprint density at radius 3 is 2.73 bits per heavy atom. The third kappa shape index (κ3) is 3.69. The zero-order chi connectivity index (χ0) is 17.8. The Labute approximate surface area is 157 Å². The highest BCUT2D eigenvalue weighted by Gasteiger charge is 2.29. The normalized spacial score (nSPS) is 16.5. The van der Waals surface area contributed by atoms with Crippen molar-refractivity contribution in [1.29, 1.82) is 0 Å². The molecule has 0 bridgehead atoms. The summed E-state index contributed by atoms with van der Waals surface area (Å²) in [5, 5.41) is 2.85. The van der Waals surface area contributed by atoms with Gasteiger partial charge in [-0.3, -0.25) is 4.79 Å². The summed E-state index contributed by atoms with van der Waals surface area (Å²) >= 11 is 1.56. The summed E-state index contributed by atoms with van der Waals surface area (Å²) in [7, 11) is 0. The van der Waals surface area contributed by atoms with Crippen LogP contribution in [-0.4, -0.2) is 23.6 Å². The van der Waals surface area contributed by atoms with Crippen molar-refractivity contribution in [3.8, 4) is 11.1 Å². The Morgan fingerprint density at radius 2 is 2.00 bits per heavy atom. The molecule has 4 nitrogen and oxygen atoms in total. The first-order valence-electron chi connectivity index (χ1n) is 8.78. The molecule has 0 N–H and O–H groups in total. The standard InChI is InChI=1S/C21H20N2O2S/c24-21(19-10-5-12-25-19)23(15-20-22-11-13-26-20)18-9-4-8-17(14-18)16-6-2-1-3-7-16/h1-4,6-9,11,13-14,19H,5,10,12,15H2/t19-/m1/s1. The quantitative estimate of drug-likeness (QED) is 0.668. The minimum atomic E-state index is -0.352. The molecular weight excluding hydrogens is 344 g/mol. The smallest absolute Gasteiger partial charge is 0.256 e. The van der Waals surface area contributed by atoms with Crippen LogP contribution in [-0.2, 0) is 16.1 Å². The molecule has 1 amide bonds. The molecule has 0 radical (unpaired) electrons. The van der Waals surface area contributed by atoms with Crippen molar-refractivity contribution in [3.63, 3.8) is 0 Å². The highest BCUT2D eigenvalue weighted by atomic mass is 32.1. The number of benzene rings is 2. The number of thiazole rings is 1. The van der Waals surface area contributed by atoms with Crippen LogP contribution >= 0.6 is 11.3 Å². The summed E-state index contributed by atoms with van der Waals surface area (Å²) < 4.78 is 5.64. The second-order valence-corrected chi connectivity index (χ2v) is 7.25. The molecule has 0 saturated carbocycles. The van der Waals surface area contributed by atoms with Gasteiger partial charge in [0, 0.05) is 23.9 Å². The van der Waals surface area contributed by atoms with Gasteiger partial charge in [0.1, 0.15) is 11.1 Å². The van der Waals surface area contributed by atoms with Gasteiger partial charge >= 0.3 is 0 Å². The topological polar surface area (TPSA) is 42.4 Å². The molecule has 1 atom stereocenters. The van der Waals surface area contributed by atoms with Crippen LogP contribution in [0.2, 0.25) is 0 Å². The van der Waals surface area contributed by atoms with Crippen LogP contribution in [0, 0.1) is 0 Å². The lowest BCUT2D eigenvalue weighted by atomic mass is 10.0. The van der Waals surface area contributed by atoms with E-state index in [-0.39, 0.29) is 12.0 Å². The second-order valence-electron chi connectivity index (χ2n) is 6.27. The van der Waals surface area contributed by atoms with Crippen LogP contribution in [0.5, 0.6) is 0 Å². The first-order chi connectivity index (χ1) is 12.8. The lowest BCUT2D eigenvalue weighted by Crippen LogP contribution is -2.38. The van der Waals surface area contributed by atoms with Gasteiger partial charge in [0.2, 0.25) is 0 Å². The van der Waals surface area contributed by atoms with E-state index in [1.165, 1.54) is 0 Å². The predicted octanol–water partition coefficient (Wildman–Crippen LogP) is 4.52. The van der Waals surface area contributed by atoms with E-state index >= 15 is 0 Å². The summed E-state index contributed by atoms with van der Waals surface area (Å²) in [6.45, 7) is 1.13. The van der Waals surface area contributed by atoms with Crippen LogP contribution in [0.25, 0.3) is 11.1 Å². The van der Waals surface area contributed by atoms with Gasteiger partial charge in [0.05, 0.1) is 6.54 Å². The lowest BCUT2D eigenvalue weighted by molar-refractivity contribution is -0.127. The fourth-order valence-corrected chi connectivity index (χ4v) is 3.80. The molecule has 3 aromatic rings. The number of hydrogen-bond donors (Lipinski definition) is 0. The van der Waals surface area contributed by atoms with Gasteiger partial charge in [-0.25, -0.2) is 4.98 Å². The predicted molar refractivity (Wildman–Crippen MR) is 104 cm³/mol. The zero-order valence-corrected chi connectivity index (χ0v) is 15.2. The number of carbonyl (C=O) groups is 1. The number of aromatic nitrogens is 1. The fraction of sp³-hybridized carbons (Fsp3) is 0.238. The van der Waals surface area contributed by atoms with Crippen molar-refractivity contribution in [3.05, 3.63) is 71.2 Å². The Kier molecular flexibility index (Phi) is 5.09. The lowest BCUT2D eigenvalue weighted by Gasteiger charge is -2.25. The minimum Gasteiger partial charge on any atom is -0.368 e. The van der Waals surface area contributed by atoms with Crippen LogP contribution < -0.4 is 4.90 Å². The van der Waals surface area contributed by atoms with Gasteiger partial charge in [-0.15, -0.1) is 11.3 Å². The van der Waals surface area contributed by atoms with Crippen molar-refractivity contribution in [1.82, 2.24) is 4.98 Å². The third-order valence-electron chi connectivity index (χ3n) is 4.51. The van der Waals surface area contributed by atoms with Gasteiger partial charge in [-0.1, -0.05) is 42.5 Å². The molecule has 2 aromatic carbocycles. The maximum absolute atomic E-state index is 13.1. The molecule has 4 rings (SSSR count). The molecule has 1 aliphatic rings. The maximum atomic E-state index is 13.1. The Balaban J connectivity index is 1.67. The number of ether oxygens (including phenoxy) is 1. The van der Waals surface area contributed by atoms with E-state index in [0.29, 0.717) is 13.2 Å². The number of carbonyl (C=O) groups excluding carboxylic acids is 1. The molecule has 132 valence electrons. The second kappa shape index (κ2) is 7.81. The van der Waals surface area contributed by atoms with Crippen molar-refractivity contribution in [2.45, 2.75) is 25.5 Å². The highest BCUT2D eigenvalue weighted by Crippen LogP contribution is 2.28. The number of anilines is 1. The molecule has 1 fully saturated rings. The van der Waals surface area contributed by atoms with Gasteiger partial charge in [0.25, 0.3) is 5.91 Å². The van der Waals surface area contributed by atoms with E-state index in [1.54, 1.807) is 22.4 Å². The number of nitrogens with zero attached hydrogens (tertiary/aromatic N) is 2. The van der Waals surface area contributed by atoms with E-state index in [9.17, 15) is 4.79 Å². The average molecular weight is 364 g/mol. The van der Waals surface area contributed by atoms with Gasteiger partial charge < -0.3 is 9.64 Å². The number of amides is 1. The van der Waals surface area contributed by atoms with Gasteiger partial charge in [-0.05, 0) is 36.1 Å². The van der Waals surface area contributed by atoms with E-state index in [1.807, 2.05) is 35.7 Å². The highest BCUT2D eigenvalue weighted by molar-refractivity contribution is 7.09. The summed E-state index contributed by atoms with van der Waals surface area (Å²) in [5.74, 6) is 0.0166. The van der Waals surface area contributed by atoms with Crippen molar-refractivity contribution >= 4 is 22.9 Å². The molecule has 26 heavy (non-hydrogen) atoms. The molecule has 1 aliphatic heterocycles. The van der Waals surface area contributed by atoms with Crippen molar-refractivity contribution in [2.75, 3.05) is 11.5 Å². The third-order valence-corrected chi connectivity index (χ3v) is 5.28. The SMILES string of the molecule is O=C([C@H]1CCCO1)N(Cc1nccs1)c1cccc(-c2ccccc2)c1.